The molecule has 3 rings (SSSR count). The molecule has 7 nitrogen and oxygen atoms in total. The fourth-order valence-corrected chi connectivity index (χ4v) is 4.36. The van der Waals surface area contributed by atoms with Gasteiger partial charge in [-0.15, -0.1) is 24.8 Å². The average Bonchev–Trinajstić information content (AvgIpc) is 3.08. The minimum atomic E-state index is -1.19. The number of halogens is 1. The minimum Gasteiger partial charge on any atom is -0.476 e. The molecule has 0 spiro atoms. The molecule has 1 fully saturated rings. The van der Waals surface area contributed by atoms with Crippen LogP contribution in [-0.4, -0.2) is 74.6 Å². The van der Waals surface area contributed by atoms with Crippen molar-refractivity contribution in [1.29, 1.82) is 0 Å². The molecule has 144 valence electrons. The third kappa shape index (κ3) is 3.91. The summed E-state index contributed by atoms with van der Waals surface area (Å²) in [6.07, 6.45) is 5.89. The van der Waals surface area contributed by atoms with Crippen molar-refractivity contribution in [3.05, 3.63) is 12.2 Å². The Bertz CT molecular complexity index is 837. The van der Waals surface area contributed by atoms with Gasteiger partial charge in [-0.2, -0.15) is 4.98 Å². The zero-order valence-corrected chi connectivity index (χ0v) is 17.2. The first-order valence-corrected chi connectivity index (χ1v) is 12.2. The molecule has 1 aliphatic rings. The largest absolute Gasteiger partial charge is 0.476 e. The normalized spacial score (nSPS) is 26.5. The van der Waals surface area contributed by atoms with E-state index in [1.807, 2.05) is 6.92 Å². The van der Waals surface area contributed by atoms with Crippen LogP contribution in [0.25, 0.3) is 11.2 Å². The summed E-state index contributed by atoms with van der Waals surface area (Å²) in [5.41, 5.74) is 1.15. The Morgan fingerprint density at radius 1 is 1.42 bits per heavy atom. The summed E-state index contributed by atoms with van der Waals surface area (Å²) < 4.78 is 13.4. The van der Waals surface area contributed by atoms with Crippen molar-refractivity contribution < 1.29 is 14.6 Å². The summed E-state index contributed by atoms with van der Waals surface area (Å²) >= 11 is 6.50. The standard InChI is InChI=1S/C17H26ClN4O3P/c1-6-24-16-13-15(20-10(2)21-16)22(9-19-13)17-12(18)14(23)11(25-17)7-8-26(3,4)5/h9,11-12,14,17,23H,3,6-8H2,1-2,4-5H3/t11-,12?,14-,17?/m1/s1. The summed E-state index contributed by atoms with van der Waals surface area (Å²) in [4.78, 5) is 13.2. The molecule has 0 aliphatic carbocycles. The maximum Gasteiger partial charge on any atom is 0.245 e. The first kappa shape index (κ1) is 19.6. The van der Waals surface area contributed by atoms with E-state index in [9.17, 15) is 5.11 Å². The maximum absolute atomic E-state index is 10.5. The monoisotopic (exact) mass is 400 g/mol. The second kappa shape index (κ2) is 7.47. The quantitative estimate of drug-likeness (QED) is 0.592. The van der Waals surface area contributed by atoms with Gasteiger partial charge in [0.05, 0.1) is 19.0 Å². The van der Waals surface area contributed by atoms with Gasteiger partial charge < -0.3 is 14.6 Å². The summed E-state index contributed by atoms with van der Waals surface area (Å²) in [5.74, 6) is 1.02. The number of alkyl halides is 1. The molecular weight excluding hydrogens is 375 g/mol. The van der Waals surface area contributed by atoms with Gasteiger partial charge in [0, 0.05) is 0 Å². The number of aliphatic hydroxyl groups excluding tert-OH is 1. The van der Waals surface area contributed by atoms with Crippen molar-refractivity contribution in [2.24, 2.45) is 0 Å². The van der Waals surface area contributed by atoms with Crippen molar-refractivity contribution in [2.75, 3.05) is 26.1 Å². The van der Waals surface area contributed by atoms with Crippen molar-refractivity contribution in [3.8, 4) is 5.88 Å². The van der Waals surface area contributed by atoms with Gasteiger partial charge >= 0.3 is 0 Å². The van der Waals surface area contributed by atoms with E-state index in [1.54, 1.807) is 17.8 Å². The molecular formula is C17H26ClN4O3P. The van der Waals surface area contributed by atoms with Crippen LogP contribution in [0.1, 0.15) is 25.4 Å². The molecule has 0 aromatic carbocycles. The van der Waals surface area contributed by atoms with Gasteiger partial charge in [-0.3, -0.25) is 4.57 Å². The molecule has 4 atom stereocenters. The van der Waals surface area contributed by atoms with E-state index in [1.165, 1.54) is 0 Å². The lowest BCUT2D eigenvalue weighted by molar-refractivity contribution is -0.0176. The van der Waals surface area contributed by atoms with Gasteiger partial charge in [-0.1, -0.05) is 0 Å². The topological polar surface area (TPSA) is 82.3 Å². The van der Waals surface area contributed by atoms with Gasteiger partial charge in [-0.05, 0) is 39.8 Å². The maximum atomic E-state index is 10.5. The Morgan fingerprint density at radius 3 is 2.81 bits per heavy atom. The Balaban J connectivity index is 1.90. The predicted octanol–water partition coefficient (Wildman–Crippen LogP) is 2.50. The summed E-state index contributed by atoms with van der Waals surface area (Å²) in [6.45, 7) is 7.32. The number of hydrogen-bond acceptors (Lipinski definition) is 6. The van der Waals surface area contributed by atoms with Crippen molar-refractivity contribution in [3.63, 3.8) is 0 Å². The Morgan fingerprint density at radius 2 is 2.15 bits per heavy atom. The molecule has 0 saturated carbocycles. The Kier molecular flexibility index (Phi) is 5.63. The van der Waals surface area contributed by atoms with Gasteiger partial charge in [0.1, 0.15) is 17.3 Å². The smallest absolute Gasteiger partial charge is 0.245 e. The third-order valence-corrected chi connectivity index (χ3v) is 6.31. The van der Waals surface area contributed by atoms with E-state index in [4.69, 9.17) is 21.1 Å². The second-order valence-corrected chi connectivity index (χ2v) is 12.1. The lowest BCUT2D eigenvalue weighted by Gasteiger charge is -2.19. The SMILES string of the molecule is C=P(C)(C)CC[C@H]1OC(n2cnc3c(OCC)nc(C)nc32)C(Cl)[C@@H]1O. The zero-order valence-electron chi connectivity index (χ0n) is 15.6. The second-order valence-electron chi connectivity index (χ2n) is 7.28. The molecule has 2 aromatic rings. The average molecular weight is 401 g/mol. The van der Waals surface area contributed by atoms with Crippen LogP contribution in [0.4, 0.5) is 0 Å². The van der Waals surface area contributed by atoms with Crippen LogP contribution in [0.5, 0.6) is 5.88 Å². The van der Waals surface area contributed by atoms with Crippen molar-refractivity contribution >= 4 is 36.0 Å². The van der Waals surface area contributed by atoms with Crippen LogP contribution in [0.15, 0.2) is 6.33 Å². The van der Waals surface area contributed by atoms with Crippen LogP contribution in [0, 0.1) is 6.92 Å². The highest BCUT2D eigenvalue weighted by molar-refractivity contribution is 7.72. The van der Waals surface area contributed by atoms with E-state index in [0.29, 0.717) is 29.5 Å². The highest BCUT2D eigenvalue weighted by Crippen LogP contribution is 2.41. The van der Waals surface area contributed by atoms with E-state index < -0.39 is 24.6 Å². The van der Waals surface area contributed by atoms with E-state index in [2.05, 4.69) is 34.6 Å². The predicted molar refractivity (Wildman–Crippen MR) is 106 cm³/mol. The molecule has 0 bridgehead atoms. The number of imidazole rings is 1. The van der Waals surface area contributed by atoms with Gasteiger partial charge in [-0.25, -0.2) is 9.97 Å². The number of ether oxygens (including phenoxy) is 2. The number of rotatable bonds is 6. The molecule has 1 aliphatic heterocycles. The fraction of sp³-hybridized carbons (Fsp3) is 0.647. The highest BCUT2D eigenvalue weighted by atomic mass is 35.5. The van der Waals surface area contributed by atoms with Crippen molar-refractivity contribution in [2.45, 2.75) is 44.1 Å². The van der Waals surface area contributed by atoms with E-state index in [-0.39, 0.29) is 6.10 Å². The molecule has 3 heterocycles. The number of aromatic nitrogens is 4. The third-order valence-electron chi connectivity index (χ3n) is 4.37. The van der Waals surface area contributed by atoms with Gasteiger partial charge in [0.2, 0.25) is 5.88 Å². The lowest BCUT2D eigenvalue weighted by Crippen LogP contribution is -2.28. The number of hydrogen-bond donors (Lipinski definition) is 1. The summed E-state index contributed by atoms with van der Waals surface area (Å²) in [5, 5.41) is 9.94. The molecule has 1 saturated heterocycles. The van der Waals surface area contributed by atoms with Gasteiger partial charge in [0.15, 0.2) is 17.4 Å². The summed E-state index contributed by atoms with van der Waals surface area (Å²) in [7, 11) is 0. The molecule has 0 radical (unpaired) electrons. The lowest BCUT2D eigenvalue weighted by atomic mass is 10.1. The number of aryl methyl sites for hydroxylation is 1. The van der Waals surface area contributed by atoms with Crippen LogP contribution in [0.2, 0.25) is 0 Å². The molecule has 2 unspecified atom stereocenters. The number of nitrogens with zero attached hydrogens (tertiary/aromatic N) is 4. The summed E-state index contributed by atoms with van der Waals surface area (Å²) in [6, 6.07) is 0. The van der Waals surface area contributed by atoms with E-state index in [0.717, 1.165) is 12.6 Å². The minimum absolute atomic E-state index is 0.324. The molecule has 9 heteroatoms. The van der Waals surface area contributed by atoms with E-state index >= 15 is 0 Å². The first-order valence-electron chi connectivity index (χ1n) is 8.70. The molecule has 2 aromatic heterocycles. The van der Waals surface area contributed by atoms with Crippen LogP contribution in [-0.2, 0) is 4.74 Å². The first-order chi connectivity index (χ1) is 12.2. The zero-order chi connectivity index (χ0) is 19.1. The molecule has 1 N–H and O–H groups in total. The highest BCUT2D eigenvalue weighted by Gasteiger charge is 2.44. The Labute approximate surface area is 158 Å². The van der Waals surface area contributed by atoms with Crippen LogP contribution < -0.4 is 4.74 Å². The van der Waals surface area contributed by atoms with Crippen molar-refractivity contribution in [1.82, 2.24) is 19.5 Å². The molecule has 0 amide bonds. The van der Waals surface area contributed by atoms with Crippen LogP contribution in [0.3, 0.4) is 0 Å². The van der Waals surface area contributed by atoms with Gasteiger partial charge in [0.25, 0.3) is 0 Å². The Hall–Kier alpha value is -1.14. The fourth-order valence-electron chi connectivity index (χ4n) is 3.06. The van der Waals surface area contributed by atoms with Crippen LogP contribution >= 0.6 is 18.5 Å². The number of aliphatic hydroxyl groups is 1. The number of fused-ring (bicyclic) bond motifs is 1. The molecule has 26 heavy (non-hydrogen) atoms.